The first-order chi connectivity index (χ1) is 13.2. The molecule has 0 unspecified atom stereocenters. The van der Waals surface area contributed by atoms with Gasteiger partial charge in [0.25, 0.3) is 0 Å². The number of carbonyl (C=O) groups is 1. The maximum absolute atomic E-state index is 12.2. The van der Waals surface area contributed by atoms with E-state index in [2.05, 4.69) is 5.32 Å². The van der Waals surface area contributed by atoms with Gasteiger partial charge in [-0.05, 0) is 63.8 Å². The molecular formula is C22H32N4O2. The van der Waals surface area contributed by atoms with E-state index >= 15 is 0 Å². The molecule has 0 radical (unpaired) electrons. The zero-order chi connectivity index (χ0) is 20.7. The van der Waals surface area contributed by atoms with Crippen molar-refractivity contribution in [2.45, 2.75) is 58.6 Å². The topological polar surface area (TPSA) is 89.3 Å². The molecule has 1 aromatic carbocycles. The van der Waals surface area contributed by atoms with Crippen molar-refractivity contribution in [3.8, 4) is 0 Å². The Morgan fingerprint density at radius 3 is 2.36 bits per heavy atom. The first-order valence-corrected chi connectivity index (χ1v) is 9.86. The molecule has 3 N–H and O–H groups in total. The van der Waals surface area contributed by atoms with Gasteiger partial charge in [-0.15, -0.1) is 0 Å². The Bertz CT molecular complexity index is 724. The Morgan fingerprint density at radius 2 is 1.86 bits per heavy atom. The molecule has 1 aliphatic heterocycles. The van der Waals surface area contributed by atoms with Crippen LogP contribution in [-0.4, -0.2) is 47.7 Å². The monoisotopic (exact) mass is 384 g/mol. The van der Waals surface area contributed by atoms with Crippen LogP contribution in [0.5, 0.6) is 0 Å². The number of nitrogens with one attached hydrogen (secondary N) is 3. The summed E-state index contributed by atoms with van der Waals surface area (Å²) in [5, 5.41) is 18.9. The standard InChI is InChI=1S/C22H32N4O2/c1-5-18(24)14-17(15-23)16-6-8-19(9-7-16)25-20-10-12-26(13-11-20)21(27)28-22(2,3)4/h6-9,14-15,20,23-25H,5,10-13H2,1-4H3/b17-14+,23-15?,24-18?. The number of anilines is 1. The summed E-state index contributed by atoms with van der Waals surface area (Å²) >= 11 is 0. The molecule has 1 fully saturated rings. The highest BCUT2D eigenvalue weighted by molar-refractivity contribution is 6.15. The summed E-state index contributed by atoms with van der Waals surface area (Å²) < 4.78 is 5.44. The van der Waals surface area contributed by atoms with Gasteiger partial charge in [-0.3, -0.25) is 0 Å². The lowest BCUT2D eigenvalue weighted by Crippen LogP contribution is -2.44. The van der Waals surface area contributed by atoms with E-state index in [1.807, 2.05) is 52.0 Å². The third kappa shape index (κ3) is 6.51. The van der Waals surface area contributed by atoms with Crippen molar-refractivity contribution in [3.63, 3.8) is 0 Å². The van der Waals surface area contributed by atoms with Crippen LogP contribution in [0.15, 0.2) is 30.3 Å². The highest BCUT2D eigenvalue weighted by Crippen LogP contribution is 2.21. The van der Waals surface area contributed by atoms with Gasteiger partial charge in [0, 0.05) is 42.3 Å². The molecule has 6 heteroatoms. The number of amides is 1. The van der Waals surface area contributed by atoms with Gasteiger partial charge in [0.15, 0.2) is 0 Å². The predicted octanol–water partition coefficient (Wildman–Crippen LogP) is 4.96. The number of hydrogen-bond acceptors (Lipinski definition) is 5. The molecule has 1 saturated heterocycles. The second-order valence-corrected chi connectivity index (χ2v) is 8.09. The minimum Gasteiger partial charge on any atom is -0.444 e. The van der Waals surface area contributed by atoms with Gasteiger partial charge >= 0.3 is 6.09 Å². The minimum absolute atomic E-state index is 0.237. The lowest BCUT2D eigenvalue weighted by molar-refractivity contribution is 0.0210. The first-order valence-electron chi connectivity index (χ1n) is 9.86. The van der Waals surface area contributed by atoms with E-state index in [9.17, 15) is 4.79 Å². The predicted molar refractivity (Wildman–Crippen MR) is 116 cm³/mol. The van der Waals surface area contributed by atoms with Gasteiger partial charge < -0.3 is 25.8 Å². The summed E-state index contributed by atoms with van der Waals surface area (Å²) in [5.41, 5.74) is 2.74. The molecule has 0 saturated carbocycles. The highest BCUT2D eigenvalue weighted by atomic mass is 16.6. The fraction of sp³-hybridized carbons (Fsp3) is 0.500. The number of nitrogens with zero attached hydrogens (tertiary/aromatic N) is 1. The second-order valence-electron chi connectivity index (χ2n) is 8.09. The minimum atomic E-state index is -0.465. The second kappa shape index (κ2) is 9.53. The summed E-state index contributed by atoms with van der Waals surface area (Å²) in [7, 11) is 0. The number of benzene rings is 1. The molecule has 0 atom stereocenters. The van der Waals surface area contributed by atoms with E-state index in [1.165, 1.54) is 6.21 Å². The Hall–Kier alpha value is -2.63. The Kier molecular flexibility index (Phi) is 7.38. The Morgan fingerprint density at radius 1 is 1.25 bits per heavy atom. The van der Waals surface area contributed by atoms with Gasteiger partial charge in [-0.25, -0.2) is 4.79 Å². The zero-order valence-corrected chi connectivity index (χ0v) is 17.3. The fourth-order valence-corrected chi connectivity index (χ4v) is 3.03. The summed E-state index contributed by atoms with van der Waals surface area (Å²) in [6.45, 7) is 8.95. The molecule has 1 heterocycles. The Labute approximate surface area is 168 Å². The van der Waals surface area contributed by atoms with Crippen molar-refractivity contribution in [3.05, 3.63) is 35.9 Å². The van der Waals surface area contributed by atoms with Crippen LogP contribution in [-0.2, 0) is 4.74 Å². The van der Waals surface area contributed by atoms with Crippen LogP contribution in [0.25, 0.3) is 5.57 Å². The van der Waals surface area contributed by atoms with E-state index in [-0.39, 0.29) is 6.09 Å². The summed E-state index contributed by atoms with van der Waals surface area (Å²) in [5.74, 6) is 0. The SMILES string of the molecule is CCC(=N)/C=C(\C=N)c1ccc(NC2CCN(C(=O)OC(C)(C)C)CC2)cc1. The number of rotatable bonds is 6. The van der Waals surface area contributed by atoms with E-state index in [4.69, 9.17) is 15.6 Å². The molecule has 1 aromatic rings. The van der Waals surface area contributed by atoms with Crippen molar-refractivity contribution < 1.29 is 9.53 Å². The van der Waals surface area contributed by atoms with Gasteiger partial charge in [0.1, 0.15) is 5.60 Å². The average Bonchev–Trinajstić information content (AvgIpc) is 2.66. The number of likely N-dealkylation sites (tertiary alicyclic amines) is 1. The molecule has 28 heavy (non-hydrogen) atoms. The summed E-state index contributed by atoms with van der Waals surface area (Å²) in [4.78, 5) is 13.9. The van der Waals surface area contributed by atoms with Gasteiger partial charge in [0.2, 0.25) is 0 Å². The molecule has 0 bridgehead atoms. The molecule has 1 aliphatic rings. The van der Waals surface area contributed by atoms with Crippen LogP contribution in [0, 0.1) is 10.8 Å². The number of piperidine rings is 1. The van der Waals surface area contributed by atoms with E-state index in [1.54, 1.807) is 11.0 Å². The van der Waals surface area contributed by atoms with Gasteiger partial charge in [-0.2, -0.15) is 0 Å². The lowest BCUT2D eigenvalue weighted by atomic mass is 10.0. The molecule has 2 rings (SSSR count). The van der Waals surface area contributed by atoms with Crippen molar-refractivity contribution >= 4 is 29.3 Å². The number of carbonyl (C=O) groups excluding carboxylic acids is 1. The maximum atomic E-state index is 12.2. The fourth-order valence-electron chi connectivity index (χ4n) is 3.03. The van der Waals surface area contributed by atoms with Crippen LogP contribution < -0.4 is 5.32 Å². The average molecular weight is 385 g/mol. The first kappa shape index (κ1) is 21.7. The van der Waals surface area contributed by atoms with Crippen molar-refractivity contribution in [2.75, 3.05) is 18.4 Å². The van der Waals surface area contributed by atoms with Crippen LogP contribution in [0.4, 0.5) is 10.5 Å². The molecule has 6 nitrogen and oxygen atoms in total. The molecular weight excluding hydrogens is 352 g/mol. The molecule has 0 spiro atoms. The van der Waals surface area contributed by atoms with Crippen molar-refractivity contribution in [1.29, 1.82) is 10.8 Å². The quantitative estimate of drug-likeness (QED) is 0.606. The van der Waals surface area contributed by atoms with Crippen LogP contribution in [0.2, 0.25) is 0 Å². The normalized spacial score (nSPS) is 15.9. The van der Waals surface area contributed by atoms with E-state index in [0.717, 1.165) is 29.7 Å². The van der Waals surface area contributed by atoms with Crippen LogP contribution in [0.1, 0.15) is 52.5 Å². The molecule has 1 amide bonds. The van der Waals surface area contributed by atoms with Crippen molar-refractivity contribution in [2.24, 2.45) is 0 Å². The molecule has 152 valence electrons. The van der Waals surface area contributed by atoms with Crippen LogP contribution in [0.3, 0.4) is 0 Å². The number of ether oxygens (including phenoxy) is 1. The molecule has 0 aliphatic carbocycles. The van der Waals surface area contributed by atoms with E-state index in [0.29, 0.717) is 31.3 Å². The van der Waals surface area contributed by atoms with Gasteiger partial charge in [0.05, 0.1) is 0 Å². The molecule has 0 aromatic heterocycles. The summed E-state index contributed by atoms with van der Waals surface area (Å²) in [6, 6.07) is 8.26. The van der Waals surface area contributed by atoms with Gasteiger partial charge in [-0.1, -0.05) is 19.1 Å². The smallest absolute Gasteiger partial charge is 0.410 e. The zero-order valence-electron chi connectivity index (χ0n) is 17.3. The summed E-state index contributed by atoms with van der Waals surface area (Å²) in [6.07, 6.45) is 5.19. The lowest BCUT2D eigenvalue weighted by Gasteiger charge is -2.34. The van der Waals surface area contributed by atoms with E-state index < -0.39 is 5.60 Å². The number of hydrogen-bond donors (Lipinski definition) is 3. The Balaban J connectivity index is 1.90. The third-order valence-electron chi connectivity index (χ3n) is 4.60. The maximum Gasteiger partial charge on any atom is 0.410 e. The number of allylic oxidation sites excluding steroid dienone is 2. The third-order valence-corrected chi connectivity index (χ3v) is 4.60. The largest absolute Gasteiger partial charge is 0.444 e. The van der Waals surface area contributed by atoms with Crippen molar-refractivity contribution in [1.82, 2.24) is 4.90 Å². The highest BCUT2D eigenvalue weighted by Gasteiger charge is 2.26. The van der Waals surface area contributed by atoms with Crippen LogP contribution >= 0.6 is 0 Å².